The van der Waals surface area contributed by atoms with Crippen molar-refractivity contribution in [1.82, 2.24) is 9.97 Å². The Morgan fingerprint density at radius 1 is 1.26 bits per heavy atom. The van der Waals surface area contributed by atoms with Gasteiger partial charge in [0, 0.05) is 18.4 Å². The molecule has 1 heterocycles. The topological polar surface area (TPSA) is 63.8 Å². The summed E-state index contributed by atoms with van der Waals surface area (Å²) in [6.07, 6.45) is 4.11. The number of benzene rings is 1. The van der Waals surface area contributed by atoms with Gasteiger partial charge in [-0.05, 0) is 18.9 Å². The first-order chi connectivity index (χ1) is 9.16. The van der Waals surface area contributed by atoms with Crippen LogP contribution in [0, 0.1) is 0 Å². The van der Waals surface area contributed by atoms with Gasteiger partial charge in [0.1, 0.15) is 10.7 Å². The van der Waals surface area contributed by atoms with Crippen LogP contribution in [-0.2, 0) is 6.42 Å². The molecule has 19 heavy (non-hydrogen) atoms. The van der Waals surface area contributed by atoms with E-state index in [1.807, 2.05) is 18.2 Å². The lowest BCUT2D eigenvalue weighted by Crippen LogP contribution is -2.23. The fourth-order valence-electron chi connectivity index (χ4n) is 1.88. The molecule has 3 N–H and O–H groups in total. The number of hydrogen-bond donors (Lipinski definition) is 2. The first-order valence-corrected chi connectivity index (χ1v) is 6.49. The first kappa shape index (κ1) is 13.4. The van der Waals surface area contributed by atoms with Crippen molar-refractivity contribution in [3.63, 3.8) is 0 Å². The van der Waals surface area contributed by atoms with Gasteiger partial charge in [-0.25, -0.2) is 9.97 Å². The second-order valence-electron chi connectivity index (χ2n) is 4.35. The molecular weight excluding hydrogens is 256 g/mol. The van der Waals surface area contributed by atoms with Gasteiger partial charge in [-0.1, -0.05) is 42.5 Å². The minimum absolute atomic E-state index is 0.215. The summed E-state index contributed by atoms with van der Waals surface area (Å²) in [6.45, 7) is 2.09. The number of nitrogens with one attached hydrogen (secondary N) is 1. The molecule has 0 amide bonds. The van der Waals surface area contributed by atoms with Crippen LogP contribution < -0.4 is 11.1 Å². The molecule has 0 spiro atoms. The van der Waals surface area contributed by atoms with Gasteiger partial charge in [0.15, 0.2) is 5.82 Å². The van der Waals surface area contributed by atoms with Crippen LogP contribution in [0.25, 0.3) is 0 Å². The third-order valence-electron chi connectivity index (χ3n) is 2.70. The fraction of sp³-hybridized carbons (Fsp3) is 0.214. The van der Waals surface area contributed by atoms with Crippen LogP contribution in [-0.4, -0.2) is 21.0 Å². The quantitative estimate of drug-likeness (QED) is 0.817. The third-order valence-corrected chi connectivity index (χ3v) is 2.89. The Balaban J connectivity index is 2.07. The molecule has 4 nitrogen and oxygen atoms in total. The van der Waals surface area contributed by atoms with E-state index in [1.54, 1.807) is 12.4 Å². The molecule has 0 bridgehead atoms. The molecule has 0 aliphatic rings. The number of hydrogen-bond acceptors (Lipinski definition) is 4. The Labute approximate surface area is 118 Å². The zero-order valence-corrected chi connectivity index (χ0v) is 11.5. The Hall–Kier alpha value is -2.01. The summed E-state index contributed by atoms with van der Waals surface area (Å²) in [7, 11) is 0. The lowest BCUT2D eigenvalue weighted by molar-refractivity contribution is 0.782. The van der Waals surface area contributed by atoms with Gasteiger partial charge in [0.2, 0.25) is 0 Å². The van der Waals surface area contributed by atoms with Crippen molar-refractivity contribution in [1.29, 1.82) is 0 Å². The third kappa shape index (κ3) is 3.72. The molecule has 1 aromatic carbocycles. The molecule has 98 valence electrons. The van der Waals surface area contributed by atoms with Crippen molar-refractivity contribution < 1.29 is 0 Å². The molecule has 1 atom stereocenters. The number of anilines is 1. The molecule has 0 saturated heterocycles. The van der Waals surface area contributed by atoms with Crippen molar-refractivity contribution in [2.24, 2.45) is 5.73 Å². The maximum Gasteiger partial charge on any atom is 0.155 e. The van der Waals surface area contributed by atoms with E-state index in [2.05, 4.69) is 34.3 Å². The van der Waals surface area contributed by atoms with Crippen LogP contribution in [0.1, 0.15) is 18.2 Å². The molecule has 0 fully saturated rings. The van der Waals surface area contributed by atoms with Gasteiger partial charge in [0.05, 0.1) is 0 Å². The van der Waals surface area contributed by atoms with Crippen LogP contribution >= 0.6 is 12.2 Å². The van der Waals surface area contributed by atoms with Crippen molar-refractivity contribution >= 4 is 23.0 Å². The molecule has 1 unspecified atom stereocenters. The predicted octanol–water partition coefficient (Wildman–Crippen LogP) is 2.15. The summed E-state index contributed by atoms with van der Waals surface area (Å²) in [6, 6.07) is 10.5. The average molecular weight is 272 g/mol. The monoisotopic (exact) mass is 272 g/mol. The Kier molecular flexibility index (Phi) is 4.41. The zero-order valence-electron chi connectivity index (χ0n) is 10.7. The molecule has 2 aromatic rings. The zero-order chi connectivity index (χ0) is 13.7. The van der Waals surface area contributed by atoms with E-state index in [9.17, 15) is 0 Å². The number of aromatic nitrogens is 2. The fourth-order valence-corrected chi connectivity index (χ4v) is 2.03. The maximum absolute atomic E-state index is 5.63. The Bertz CT molecular complexity index is 556. The van der Waals surface area contributed by atoms with Crippen LogP contribution in [0.3, 0.4) is 0 Å². The highest BCUT2D eigenvalue weighted by Crippen LogP contribution is 2.12. The van der Waals surface area contributed by atoms with Crippen LogP contribution in [0.5, 0.6) is 0 Å². The smallest absolute Gasteiger partial charge is 0.155 e. The van der Waals surface area contributed by atoms with E-state index in [-0.39, 0.29) is 11.0 Å². The summed E-state index contributed by atoms with van der Waals surface area (Å²) in [5.41, 5.74) is 7.44. The number of rotatable bonds is 5. The van der Waals surface area contributed by atoms with Crippen LogP contribution in [0.2, 0.25) is 0 Å². The number of nitrogens with two attached hydrogens (primary N) is 1. The largest absolute Gasteiger partial charge is 0.388 e. The number of nitrogens with zero attached hydrogens (tertiary/aromatic N) is 2. The van der Waals surface area contributed by atoms with Gasteiger partial charge >= 0.3 is 0 Å². The molecule has 1 aromatic heterocycles. The molecule has 5 heteroatoms. The van der Waals surface area contributed by atoms with E-state index in [0.29, 0.717) is 11.5 Å². The summed E-state index contributed by atoms with van der Waals surface area (Å²) in [5.74, 6) is 0.637. The summed E-state index contributed by atoms with van der Waals surface area (Å²) < 4.78 is 0. The lowest BCUT2D eigenvalue weighted by atomic mass is 10.1. The minimum Gasteiger partial charge on any atom is -0.388 e. The molecule has 0 radical (unpaired) electrons. The van der Waals surface area contributed by atoms with E-state index in [1.165, 1.54) is 5.56 Å². The van der Waals surface area contributed by atoms with Crippen molar-refractivity contribution in [2.45, 2.75) is 19.4 Å². The standard InChI is InChI=1S/C14H16N4S/c1-10(9-11-5-3-2-4-6-11)18-14-12(13(15)19)16-7-8-17-14/h2-8,10H,9H2,1H3,(H2,15,19)(H,17,18). The van der Waals surface area contributed by atoms with Gasteiger partial charge in [-0.2, -0.15) is 0 Å². The van der Waals surface area contributed by atoms with Gasteiger partial charge in [-0.3, -0.25) is 0 Å². The van der Waals surface area contributed by atoms with E-state index in [4.69, 9.17) is 18.0 Å². The van der Waals surface area contributed by atoms with E-state index >= 15 is 0 Å². The average Bonchev–Trinajstić information content (AvgIpc) is 2.40. The molecule has 0 saturated carbocycles. The van der Waals surface area contributed by atoms with E-state index in [0.717, 1.165) is 6.42 Å². The van der Waals surface area contributed by atoms with E-state index < -0.39 is 0 Å². The maximum atomic E-state index is 5.63. The second kappa shape index (κ2) is 6.24. The van der Waals surface area contributed by atoms with Gasteiger partial charge in [0.25, 0.3) is 0 Å². The molecule has 0 aliphatic heterocycles. The number of thiocarbonyl (C=S) groups is 1. The highest BCUT2D eigenvalue weighted by atomic mass is 32.1. The van der Waals surface area contributed by atoms with Gasteiger partial charge in [-0.15, -0.1) is 0 Å². The SMILES string of the molecule is CC(Cc1ccccc1)Nc1nccnc1C(N)=S. The summed E-state index contributed by atoms with van der Waals surface area (Å²) >= 11 is 4.97. The summed E-state index contributed by atoms with van der Waals surface area (Å²) in [5, 5.41) is 3.30. The van der Waals surface area contributed by atoms with Crippen LogP contribution in [0.4, 0.5) is 5.82 Å². The Morgan fingerprint density at radius 2 is 1.95 bits per heavy atom. The molecular formula is C14H16N4S. The first-order valence-electron chi connectivity index (χ1n) is 6.08. The van der Waals surface area contributed by atoms with Crippen molar-refractivity contribution in [3.05, 3.63) is 54.0 Å². The normalized spacial score (nSPS) is 11.8. The molecule has 2 rings (SSSR count). The highest BCUT2D eigenvalue weighted by Gasteiger charge is 2.10. The second-order valence-corrected chi connectivity index (χ2v) is 4.79. The Morgan fingerprint density at radius 3 is 2.63 bits per heavy atom. The van der Waals surface area contributed by atoms with Crippen LogP contribution in [0.15, 0.2) is 42.7 Å². The molecule has 0 aliphatic carbocycles. The van der Waals surface area contributed by atoms with Crippen molar-refractivity contribution in [2.75, 3.05) is 5.32 Å². The predicted molar refractivity (Wildman–Crippen MR) is 81.2 cm³/mol. The highest BCUT2D eigenvalue weighted by molar-refractivity contribution is 7.80. The van der Waals surface area contributed by atoms with Crippen molar-refractivity contribution in [3.8, 4) is 0 Å². The minimum atomic E-state index is 0.215. The summed E-state index contributed by atoms with van der Waals surface area (Å²) in [4.78, 5) is 8.64. The van der Waals surface area contributed by atoms with Gasteiger partial charge < -0.3 is 11.1 Å². The lowest BCUT2D eigenvalue weighted by Gasteiger charge is -2.16.